The van der Waals surface area contributed by atoms with Crippen LogP contribution >= 0.6 is 0 Å². The number of aromatic nitrogens is 4. The first-order valence-electron chi connectivity index (χ1n) is 13.4. The van der Waals surface area contributed by atoms with E-state index in [1.54, 1.807) is 64.1 Å². The molecule has 12 nitrogen and oxygen atoms in total. The molecule has 0 saturated heterocycles. The molecular weight excluding hydrogens is 514 g/mol. The lowest BCUT2D eigenvalue weighted by Crippen LogP contribution is -2.48. The third-order valence-corrected chi connectivity index (χ3v) is 6.79. The average Bonchev–Trinajstić information content (AvgIpc) is 3.41. The maximum atomic E-state index is 13.1. The van der Waals surface area contributed by atoms with Crippen LogP contribution in [-0.2, 0) is 22.7 Å². The summed E-state index contributed by atoms with van der Waals surface area (Å²) in [6, 6.07) is 11.8. The fourth-order valence-corrected chi connectivity index (χ4v) is 4.43. The van der Waals surface area contributed by atoms with Crippen LogP contribution in [0.2, 0.25) is 0 Å². The molecule has 1 aliphatic rings. The second-order valence-electron chi connectivity index (χ2n) is 10.1. The molecule has 0 unspecified atom stereocenters. The number of likely N-dealkylation sites (N-methyl/N-ethyl adjacent to an activating group) is 1. The van der Waals surface area contributed by atoms with Gasteiger partial charge in [0.15, 0.2) is 0 Å². The molecule has 2 aromatic heterocycles. The molecule has 12 heteroatoms. The van der Waals surface area contributed by atoms with Crippen LogP contribution in [0.4, 0.5) is 10.5 Å². The van der Waals surface area contributed by atoms with Gasteiger partial charge in [0.2, 0.25) is 11.8 Å². The summed E-state index contributed by atoms with van der Waals surface area (Å²) in [6.45, 7) is 5.11. The molecule has 0 radical (unpaired) electrons. The quantitative estimate of drug-likeness (QED) is 0.457. The highest BCUT2D eigenvalue weighted by Gasteiger charge is 2.29. The van der Waals surface area contributed by atoms with Gasteiger partial charge in [-0.15, -0.1) is 5.10 Å². The molecule has 2 N–H and O–H groups in total. The van der Waals surface area contributed by atoms with Crippen molar-refractivity contribution in [3.8, 4) is 11.6 Å². The number of benzene rings is 1. The van der Waals surface area contributed by atoms with Crippen LogP contribution in [0.15, 0.2) is 54.9 Å². The van der Waals surface area contributed by atoms with Gasteiger partial charge in [0.05, 0.1) is 31.6 Å². The number of carbonyl (C=O) groups is 2. The van der Waals surface area contributed by atoms with E-state index in [-0.39, 0.29) is 43.7 Å². The summed E-state index contributed by atoms with van der Waals surface area (Å²) >= 11 is 0. The molecule has 2 bridgehead atoms. The van der Waals surface area contributed by atoms with Gasteiger partial charge in [-0.2, -0.15) is 0 Å². The minimum Gasteiger partial charge on any atom is -0.439 e. The van der Waals surface area contributed by atoms with Crippen LogP contribution in [0.1, 0.15) is 32.4 Å². The van der Waals surface area contributed by atoms with Gasteiger partial charge in [-0.1, -0.05) is 24.3 Å². The van der Waals surface area contributed by atoms with Crippen molar-refractivity contribution in [3.63, 3.8) is 0 Å². The van der Waals surface area contributed by atoms with E-state index in [1.807, 2.05) is 26.1 Å². The predicted molar refractivity (Wildman–Crippen MR) is 148 cm³/mol. The van der Waals surface area contributed by atoms with Gasteiger partial charge in [0.1, 0.15) is 11.4 Å². The molecule has 4 rings (SSSR count). The monoisotopic (exact) mass is 551 g/mol. The number of aliphatic hydroxyl groups excluding tert-OH is 1. The Morgan fingerprint density at radius 1 is 1.30 bits per heavy atom. The molecule has 3 atom stereocenters. The molecular formula is C28H37N7O5. The molecule has 3 amide bonds. The van der Waals surface area contributed by atoms with Gasteiger partial charge >= 0.3 is 6.03 Å². The summed E-state index contributed by atoms with van der Waals surface area (Å²) in [7, 11) is 1.69. The first kappa shape index (κ1) is 29.0. The number of ether oxygens (including phenoxy) is 2. The average molecular weight is 552 g/mol. The summed E-state index contributed by atoms with van der Waals surface area (Å²) in [4.78, 5) is 33.6. The number of urea groups is 1. The molecule has 3 heterocycles. The number of fused-ring (bicyclic) bond motifs is 2. The summed E-state index contributed by atoms with van der Waals surface area (Å²) in [5.74, 6) is 0.822. The Bertz CT molecular complexity index is 1250. The zero-order valence-electron chi connectivity index (χ0n) is 23.1. The highest BCUT2D eigenvalue weighted by molar-refractivity contribution is 5.89. The molecule has 1 aliphatic heterocycles. The lowest BCUT2D eigenvalue weighted by Gasteiger charge is -2.35. The minimum absolute atomic E-state index is 0.0364. The highest BCUT2D eigenvalue weighted by Crippen LogP contribution is 2.23. The third kappa shape index (κ3) is 7.99. The number of nitrogens with one attached hydrogen (secondary N) is 1. The second kappa shape index (κ2) is 13.9. The van der Waals surface area contributed by atoms with E-state index in [0.29, 0.717) is 48.9 Å². The molecule has 214 valence electrons. The van der Waals surface area contributed by atoms with E-state index in [9.17, 15) is 14.7 Å². The fraction of sp³-hybridized carbons (Fsp3) is 0.464. The predicted octanol–water partition coefficient (Wildman–Crippen LogP) is 3.15. The minimum atomic E-state index is -0.415. The topological polar surface area (TPSA) is 135 Å². The van der Waals surface area contributed by atoms with Gasteiger partial charge in [-0.3, -0.25) is 9.48 Å². The maximum Gasteiger partial charge on any atom is 0.321 e. The molecule has 0 saturated carbocycles. The number of rotatable bonds is 7. The number of pyridine rings is 1. The summed E-state index contributed by atoms with van der Waals surface area (Å²) in [5, 5.41) is 21.0. The fourth-order valence-electron chi connectivity index (χ4n) is 4.43. The van der Waals surface area contributed by atoms with Crippen molar-refractivity contribution in [2.45, 2.75) is 52.0 Å². The van der Waals surface area contributed by atoms with Crippen molar-refractivity contribution in [1.82, 2.24) is 29.8 Å². The zero-order valence-corrected chi connectivity index (χ0v) is 23.1. The van der Waals surface area contributed by atoms with Crippen molar-refractivity contribution >= 4 is 17.6 Å². The van der Waals surface area contributed by atoms with E-state index in [0.717, 1.165) is 0 Å². The number of carbonyl (C=O) groups excluding carboxylic acids is 2. The van der Waals surface area contributed by atoms with E-state index in [4.69, 9.17) is 9.47 Å². The van der Waals surface area contributed by atoms with Crippen LogP contribution in [0.3, 0.4) is 0 Å². The first-order valence-corrected chi connectivity index (χ1v) is 13.4. The van der Waals surface area contributed by atoms with Crippen LogP contribution in [0, 0.1) is 5.92 Å². The van der Waals surface area contributed by atoms with Crippen molar-refractivity contribution in [3.05, 3.63) is 60.6 Å². The van der Waals surface area contributed by atoms with Crippen LogP contribution in [0.25, 0.3) is 0 Å². The number of amides is 3. The Kier molecular flexibility index (Phi) is 10.0. The van der Waals surface area contributed by atoms with E-state index < -0.39 is 6.10 Å². The van der Waals surface area contributed by atoms with Crippen LogP contribution in [0.5, 0.6) is 11.6 Å². The maximum absolute atomic E-state index is 13.1. The van der Waals surface area contributed by atoms with Crippen molar-refractivity contribution in [1.29, 1.82) is 0 Å². The lowest BCUT2D eigenvalue weighted by molar-refractivity contribution is -0.136. The second-order valence-corrected chi connectivity index (χ2v) is 10.1. The van der Waals surface area contributed by atoms with E-state index >= 15 is 0 Å². The van der Waals surface area contributed by atoms with Gasteiger partial charge in [-0.05, 0) is 31.5 Å². The molecule has 0 aliphatic carbocycles. The van der Waals surface area contributed by atoms with Crippen LogP contribution < -0.4 is 10.1 Å². The number of anilines is 1. The van der Waals surface area contributed by atoms with Crippen LogP contribution in [-0.4, -0.2) is 85.7 Å². The van der Waals surface area contributed by atoms with Gasteiger partial charge in [0, 0.05) is 63.0 Å². The number of aryl methyl sites for hydroxylation is 1. The summed E-state index contributed by atoms with van der Waals surface area (Å²) < 4.78 is 13.7. The third-order valence-electron chi connectivity index (χ3n) is 6.79. The Balaban J connectivity index is 1.44. The van der Waals surface area contributed by atoms with Crippen molar-refractivity contribution in [2.75, 3.05) is 32.1 Å². The standard InChI is InChI=1S/C28H37N7O5/c1-20-15-35(21(2)18-36)27(37)11-7-13-34-16-23(31-32-34)19-39-25(20)17-33(3)28(38)30-22-8-6-9-24(14-22)40-26-10-4-5-12-29-26/h4-6,8-10,12,14,16,20-21,25,36H,7,11,13,15,17-19H2,1-3H3,(H,30,38)/t20-,21+,25+/m0/s1. The lowest BCUT2D eigenvalue weighted by atomic mass is 10.0. The smallest absolute Gasteiger partial charge is 0.321 e. The van der Waals surface area contributed by atoms with Crippen molar-refractivity contribution in [2.24, 2.45) is 5.92 Å². The number of aliphatic hydroxyl groups is 1. The summed E-state index contributed by atoms with van der Waals surface area (Å²) in [5.41, 5.74) is 1.25. The Hall–Kier alpha value is -4.03. The van der Waals surface area contributed by atoms with E-state index in [1.165, 1.54) is 0 Å². The summed E-state index contributed by atoms with van der Waals surface area (Å²) in [6.07, 6.45) is 4.00. The number of hydrogen-bond donors (Lipinski definition) is 2. The number of nitrogens with zero attached hydrogens (tertiary/aromatic N) is 6. The first-order chi connectivity index (χ1) is 19.3. The molecule has 0 fully saturated rings. The molecule has 1 aromatic carbocycles. The van der Waals surface area contributed by atoms with Gasteiger partial charge in [0.25, 0.3) is 0 Å². The van der Waals surface area contributed by atoms with Gasteiger partial charge in [-0.25, -0.2) is 9.78 Å². The SMILES string of the molecule is C[C@H](CO)N1C[C@H](C)[C@@H](CN(C)C(=O)Nc2cccc(Oc3ccccn3)c2)OCc2cn(nn2)CCCC1=O. The Morgan fingerprint density at radius 3 is 2.92 bits per heavy atom. The number of hydrogen-bond acceptors (Lipinski definition) is 8. The van der Waals surface area contributed by atoms with E-state index in [2.05, 4.69) is 20.6 Å². The Morgan fingerprint density at radius 2 is 2.15 bits per heavy atom. The molecule has 3 aromatic rings. The highest BCUT2D eigenvalue weighted by atomic mass is 16.5. The zero-order chi connectivity index (χ0) is 28.5. The molecule has 40 heavy (non-hydrogen) atoms. The largest absolute Gasteiger partial charge is 0.439 e. The van der Waals surface area contributed by atoms with Crippen molar-refractivity contribution < 1.29 is 24.2 Å². The van der Waals surface area contributed by atoms with Gasteiger partial charge < -0.3 is 29.7 Å². The molecule has 0 spiro atoms. The Labute approximate surface area is 233 Å². The normalized spacial score (nSPS) is 19.1.